The maximum atomic E-state index is 12.3. The number of carboxylic acids is 1. The third-order valence-electron chi connectivity index (χ3n) is 2.46. The van der Waals surface area contributed by atoms with E-state index in [0.717, 1.165) is 0 Å². The van der Waals surface area contributed by atoms with E-state index in [4.69, 9.17) is 10.8 Å². The minimum absolute atomic E-state index is 0.00530. The Hall–Kier alpha value is -0.780. The molecule has 2 atom stereocenters. The summed E-state index contributed by atoms with van der Waals surface area (Å²) in [5.41, 5.74) is 2.78. The highest BCUT2D eigenvalue weighted by molar-refractivity contribution is 5.70. The molecule has 1 aliphatic carbocycles. The number of carbonyl (C=O) groups is 1. The van der Waals surface area contributed by atoms with Gasteiger partial charge in [0.15, 0.2) is 0 Å². The Bertz CT molecular complexity index is 228. The predicted molar refractivity (Wildman–Crippen MR) is 38.0 cm³/mol. The molecular weight excluding hydrogens is 187 g/mol. The van der Waals surface area contributed by atoms with Gasteiger partial charge in [-0.2, -0.15) is 13.2 Å². The summed E-state index contributed by atoms with van der Waals surface area (Å²) in [6.07, 6.45) is -5.30. The van der Waals surface area contributed by atoms with Crippen LogP contribution in [0.4, 0.5) is 13.2 Å². The van der Waals surface area contributed by atoms with Crippen molar-refractivity contribution in [1.82, 2.24) is 0 Å². The first kappa shape index (κ1) is 10.3. The molecule has 6 heteroatoms. The fourth-order valence-corrected chi connectivity index (χ4v) is 1.54. The summed E-state index contributed by atoms with van der Waals surface area (Å²) in [6, 6.07) is 0. The molecular formula is C7H10F3NO2. The summed E-state index contributed by atoms with van der Waals surface area (Å²) in [7, 11) is 0. The minimum atomic E-state index is -4.50. The van der Waals surface area contributed by atoms with Crippen LogP contribution in [0.5, 0.6) is 0 Å². The summed E-state index contributed by atoms with van der Waals surface area (Å²) in [5, 5.41) is 8.49. The average molecular weight is 197 g/mol. The highest BCUT2D eigenvalue weighted by Gasteiger charge is 2.56. The molecule has 0 amide bonds. The Morgan fingerprint density at radius 1 is 1.54 bits per heavy atom. The number of rotatable bonds is 1. The van der Waals surface area contributed by atoms with Gasteiger partial charge in [-0.25, -0.2) is 0 Å². The molecule has 0 heterocycles. The molecule has 3 N–H and O–H groups in total. The van der Waals surface area contributed by atoms with Crippen LogP contribution in [0.2, 0.25) is 0 Å². The highest BCUT2D eigenvalue weighted by atomic mass is 19.4. The number of hydrogen-bond acceptors (Lipinski definition) is 2. The van der Waals surface area contributed by atoms with E-state index < -0.39 is 30.0 Å². The average Bonchev–Trinajstić information content (AvgIpc) is 2.31. The third-order valence-corrected chi connectivity index (χ3v) is 2.46. The van der Waals surface area contributed by atoms with Gasteiger partial charge in [0.25, 0.3) is 0 Å². The second-order valence-corrected chi connectivity index (χ2v) is 3.43. The molecule has 2 unspecified atom stereocenters. The lowest BCUT2D eigenvalue weighted by molar-refractivity contribution is -0.185. The zero-order valence-corrected chi connectivity index (χ0v) is 6.77. The first-order valence-electron chi connectivity index (χ1n) is 3.85. The molecule has 13 heavy (non-hydrogen) atoms. The molecule has 1 aliphatic rings. The van der Waals surface area contributed by atoms with Gasteiger partial charge < -0.3 is 10.8 Å². The largest absolute Gasteiger partial charge is 0.481 e. The fraction of sp³-hybridized carbons (Fsp3) is 0.857. The fourth-order valence-electron chi connectivity index (χ4n) is 1.54. The zero-order valence-electron chi connectivity index (χ0n) is 6.77. The van der Waals surface area contributed by atoms with Gasteiger partial charge in [-0.3, -0.25) is 4.79 Å². The van der Waals surface area contributed by atoms with Gasteiger partial charge in [0.1, 0.15) is 5.54 Å². The summed E-state index contributed by atoms with van der Waals surface area (Å²) >= 11 is 0. The first-order valence-corrected chi connectivity index (χ1v) is 3.85. The molecule has 0 bridgehead atoms. The Balaban J connectivity index is 2.72. The van der Waals surface area contributed by atoms with Gasteiger partial charge in [-0.1, -0.05) is 0 Å². The van der Waals surface area contributed by atoms with Crippen molar-refractivity contribution in [3.8, 4) is 0 Å². The number of halogens is 3. The van der Waals surface area contributed by atoms with Gasteiger partial charge in [0, 0.05) is 0 Å². The molecule has 0 aromatic heterocycles. The number of nitrogens with two attached hydrogens (primary N) is 1. The molecule has 3 nitrogen and oxygen atoms in total. The van der Waals surface area contributed by atoms with Gasteiger partial charge in [-0.05, 0) is 19.3 Å². The second kappa shape index (κ2) is 2.87. The Morgan fingerprint density at radius 2 is 2.08 bits per heavy atom. The predicted octanol–water partition coefficient (Wildman–Crippen LogP) is 1.13. The molecule has 0 radical (unpaired) electrons. The van der Waals surface area contributed by atoms with E-state index in [9.17, 15) is 18.0 Å². The van der Waals surface area contributed by atoms with Gasteiger partial charge in [-0.15, -0.1) is 0 Å². The smallest absolute Gasteiger partial charge is 0.406 e. The molecule has 1 rings (SSSR count). The van der Waals surface area contributed by atoms with Crippen LogP contribution >= 0.6 is 0 Å². The molecule has 0 aromatic carbocycles. The van der Waals surface area contributed by atoms with Crippen molar-refractivity contribution >= 4 is 5.97 Å². The molecule has 0 saturated heterocycles. The quantitative estimate of drug-likeness (QED) is 0.662. The minimum Gasteiger partial charge on any atom is -0.481 e. The van der Waals surface area contributed by atoms with E-state index in [-0.39, 0.29) is 12.8 Å². The van der Waals surface area contributed by atoms with E-state index in [1.807, 2.05) is 0 Å². The van der Waals surface area contributed by atoms with Crippen LogP contribution < -0.4 is 5.73 Å². The Kier molecular flexibility index (Phi) is 2.27. The van der Waals surface area contributed by atoms with Crippen molar-refractivity contribution in [3.63, 3.8) is 0 Å². The molecule has 1 fully saturated rings. The summed E-state index contributed by atoms with van der Waals surface area (Å²) in [6.45, 7) is 0. The highest BCUT2D eigenvalue weighted by Crippen LogP contribution is 2.43. The van der Waals surface area contributed by atoms with Crippen LogP contribution in [-0.4, -0.2) is 22.8 Å². The summed E-state index contributed by atoms with van der Waals surface area (Å²) < 4.78 is 36.8. The van der Waals surface area contributed by atoms with Crippen LogP contribution in [0.25, 0.3) is 0 Å². The first-order chi connectivity index (χ1) is 5.76. The maximum absolute atomic E-state index is 12.3. The van der Waals surface area contributed by atoms with Crippen LogP contribution in [0.3, 0.4) is 0 Å². The topological polar surface area (TPSA) is 63.3 Å². The summed E-state index contributed by atoms with van der Waals surface area (Å²) in [5.74, 6) is -2.15. The van der Waals surface area contributed by atoms with Gasteiger partial charge >= 0.3 is 12.1 Å². The van der Waals surface area contributed by atoms with E-state index in [2.05, 4.69) is 0 Å². The Morgan fingerprint density at radius 3 is 2.31 bits per heavy atom. The van der Waals surface area contributed by atoms with Crippen molar-refractivity contribution in [2.75, 3.05) is 0 Å². The number of carboxylic acid groups (broad SMARTS) is 1. The van der Waals surface area contributed by atoms with E-state index in [0.29, 0.717) is 0 Å². The van der Waals surface area contributed by atoms with Gasteiger partial charge in [0.2, 0.25) is 0 Å². The molecule has 1 saturated carbocycles. The van der Waals surface area contributed by atoms with Crippen molar-refractivity contribution in [1.29, 1.82) is 0 Å². The number of alkyl halides is 3. The maximum Gasteiger partial charge on any atom is 0.406 e. The third kappa shape index (κ3) is 1.77. The molecule has 0 aromatic rings. The Labute approximate surface area is 72.7 Å². The van der Waals surface area contributed by atoms with E-state index in [1.54, 1.807) is 0 Å². The zero-order chi connectivity index (χ0) is 10.3. The SMILES string of the molecule is NC1(C(F)(F)F)CCC(C(=O)O)C1. The molecule has 0 spiro atoms. The lowest BCUT2D eigenvalue weighted by Crippen LogP contribution is -2.51. The normalized spacial score (nSPS) is 34.9. The van der Waals surface area contributed by atoms with Crippen LogP contribution in [0.15, 0.2) is 0 Å². The van der Waals surface area contributed by atoms with Gasteiger partial charge in [0.05, 0.1) is 5.92 Å². The van der Waals surface area contributed by atoms with Crippen molar-refractivity contribution < 1.29 is 23.1 Å². The monoisotopic (exact) mass is 197 g/mol. The molecule has 76 valence electrons. The number of hydrogen-bond donors (Lipinski definition) is 2. The standard InChI is InChI=1S/C7H10F3NO2/c8-7(9,10)6(11)2-1-4(3-6)5(12)13/h4H,1-3,11H2,(H,12,13). The van der Waals surface area contributed by atoms with Crippen molar-refractivity contribution in [3.05, 3.63) is 0 Å². The second-order valence-electron chi connectivity index (χ2n) is 3.43. The van der Waals surface area contributed by atoms with Crippen molar-refractivity contribution in [2.45, 2.75) is 31.0 Å². The van der Waals surface area contributed by atoms with Crippen molar-refractivity contribution in [2.24, 2.45) is 11.7 Å². The van der Waals surface area contributed by atoms with E-state index in [1.165, 1.54) is 0 Å². The van der Waals surface area contributed by atoms with Crippen LogP contribution in [-0.2, 0) is 4.79 Å². The van der Waals surface area contributed by atoms with E-state index >= 15 is 0 Å². The van der Waals surface area contributed by atoms with Crippen LogP contribution in [0, 0.1) is 5.92 Å². The lowest BCUT2D eigenvalue weighted by atomic mass is 9.97. The van der Waals surface area contributed by atoms with Crippen LogP contribution in [0.1, 0.15) is 19.3 Å². The number of aliphatic carboxylic acids is 1. The lowest BCUT2D eigenvalue weighted by Gasteiger charge is -2.26. The molecule has 0 aliphatic heterocycles. The summed E-state index contributed by atoms with van der Waals surface area (Å²) in [4.78, 5) is 10.4.